The number of alkyl halides is 2. The van der Waals surface area contributed by atoms with Gasteiger partial charge in [0.2, 0.25) is 5.91 Å². The summed E-state index contributed by atoms with van der Waals surface area (Å²) in [5.74, 6) is -0.512. The van der Waals surface area contributed by atoms with Gasteiger partial charge in [0.1, 0.15) is 0 Å². The van der Waals surface area contributed by atoms with Crippen LogP contribution in [0.25, 0.3) is 0 Å². The number of hydrogen-bond acceptors (Lipinski definition) is 4. The van der Waals surface area contributed by atoms with Gasteiger partial charge in [-0.1, -0.05) is 6.92 Å². The Labute approximate surface area is 165 Å². The lowest BCUT2D eigenvalue weighted by atomic mass is 10.1. The SMILES string of the molecule is CCOc1cc(NC(=O)C(C)Cn2nc(C)c(Br)c2C)ccc1OC(F)F. The molecule has 0 saturated carbocycles. The van der Waals surface area contributed by atoms with E-state index in [0.717, 1.165) is 15.9 Å². The number of nitrogens with one attached hydrogen (secondary N) is 1. The summed E-state index contributed by atoms with van der Waals surface area (Å²) < 4.78 is 37.4. The van der Waals surface area contributed by atoms with Crippen LogP contribution < -0.4 is 14.8 Å². The molecule has 0 fully saturated rings. The number of aryl methyl sites for hydroxylation is 1. The molecule has 1 unspecified atom stereocenters. The van der Waals surface area contributed by atoms with E-state index in [1.54, 1.807) is 18.5 Å². The van der Waals surface area contributed by atoms with Crippen molar-refractivity contribution in [2.75, 3.05) is 11.9 Å². The predicted octanol–water partition coefficient (Wildman–Crippen LogP) is 4.54. The topological polar surface area (TPSA) is 65.4 Å². The number of carbonyl (C=O) groups excluding carboxylic acids is 1. The highest BCUT2D eigenvalue weighted by Gasteiger charge is 2.18. The van der Waals surface area contributed by atoms with E-state index in [0.29, 0.717) is 12.2 Å². The molecule has 0 aliphatic carbocycles. The molecule has 1 N–H and O–H groups in total. The van der Waals surface area contributed by atoms with Crippen LogP contribution in [0.4, 0.5) is 14.5 Å². The lowest BCUT2D eigenvalue weighted by molar-refractivity contribution is -0.119. The first-order valence-electron chi connectivity index (χ1n) is 8.45. The summed E-state index contributed by atoms with van der Waals surface area (Å²) in [6.07, 6.45) is 0. The van der Waals surface area contributed by atoms with Gasteiger partial charge in [-0.2, -0.15) is 13.9 Å². The monoisotopic (exact) mass is 445 g/mol. The van der Waals surface area contributed by atoms with Crippen molar-refractivity contribution in [1.29, 1.82) is 0 Å². The summed E-state index contributed by atoms with van der Waals surface area (Å²) in [7, 11) is 0. The highest BCUT2D eigenvalue weighted by Crippen LogP contribution is 2.32. The van der Waals surface area contributed by atoms with Gasteiger partial charge in [-0.25, -0.2) is 0 Å². The summed E-state index contributed by atoms with van der Waals surface area (Å²) in [4.78, 5) is 12.5. The fraction of sp³-hybridized carbons (Fsp3) is 0.444. The molecule has 0 bridgehead atoms. The molecule has 0 aliphatic heterocycles. The fourth-order valence-corrected chi connectivity index (χ4v) is 2.79. The first-order chi connectivity index (χ1) is 12.7. The van der Waals surface area contributed by atoms with E-state index >= 15 is 0 Å². The molecule has 9 heteroatoms. The van der Waals surface area contributed by atoms with Crippen LogP contribution in [-0.2, 0) is 11.3 Å². The van der Waals surface area contributed by atoms with E-state index in [4.69, 9.17) is 4.74 Å². The molecule has 0 saturated heterocycles. The van der Waals surface area contributed by atoms with Gasteiger partial charge in [0.25, 0.3) is 0 Å². The largest absolute Gasteiger partial charge is 0.490 e. The van der Waals surface area contributed by atoms with Gasteiger partial charge in [-0.15, -0.1) is 0 Å². The van der Waals surface area contributed by atoms with E-state index in [1.807, 2.05) is 13.8 Å². The van der Waals surface area contributed by atoms with Crippen molar-refractivity contribution >= 4 is 27.5 Å². The van der Waals surface area contributed by atoms with E-state index < -0.39 is 6.61 Å². The van der Waals surface area contributed by atoms with Crippen molar-refractivity contribution in [2.24, 2.45) is 5.92 Å². The third-order valence-electron chi connectivity index (χ3n) is 3.91. The standard InChI is InChI=1S/C18H22BrF2N3O3/c1-5-26-15-8-13(6-7-14(15)27-18(20)21)22-17(25)10(2)9-24-12(4)16(19)11(3)23-24/h6-8,10,18H,5,9H2,1-4H3,(H,22,25). The van der Waals surface area contributed by atoms with Gasteiger partial charge >= 0.3 is 6.61 Å². The van der Waals surface area contributed by atoms with Gasteiger partial charge in [0.05, 0.1) is 29.2 Å². The Morgan fingerprint density at radius 3 is 2.59 bits per heavy atom. The van der Waals surface area contributed by atoms with Crippen molar-refractivity contribution in [3.8, 4) is 11.5 Å². The minimum atomic E-state index is -2.95. The van der Waals surface area contributed by atoms with Gasteiger partial charge in [-0.05, 0) is 48.8 Å². The van der Waals surface area contributed by atoms with Crippen LogP contribution in [0, 0.1) is 19.8 Å². The molecule has 27 heavy (non-hydrogen) atoms. The average Bonchev–Trinajstić information content (AvgIpc) is 2.84. The molecule has 1 aromatic carbocycles. The Morgan fingerprint density at radius 1 is 1.33 bits per heavy atom. The van der Waals surface area contributed by atoms with Gasteiger partial charge in [0.15, 0.2) is 11.5 Å². The van der Waals surface area contributed by atoms with Crippen LogP contribution >= 0.6 is 15.9 Å². The maximum Gasteiger partial charge on any atom is 0.387 e. The average molecular weight is 446 g/mol. The number of anilines is 1. The second-order valence-corrected chi connectivity index (χ2v) is 6.82. The molecule has 0 aliphatic rings. The molecule has 1 amide bonds. The highest BCUT2D eigenvalue weighted by molar-refractivity contribution is 9.10. The zero-order chi connectivity index (χ0) is 20.1. The van der Waals surface area contributed by atoms with E-state index in [9.17, 15) is 13.6 Å². The summed E-state index contributed by atoms with van der Waals surface area (Å²) in [6, 6.07) is 4.30. The Kier molecular flexibility index (Phi) is 7.18. The normalized spacial score (nSPS) is 12.1. The molecule has 148 valence electrons. The molecular formula is C18H22BrF2N3O3. The smallest absolute Gasteiger partial charge is 0.387 e. The van der Waals surface area contributed by atoms with Gasteiger partial charge < -0.3 is 14.8 Å². The quantitative estimate of drug-likeness (QED) is 0.647. The molecule has 1 heterocycles. The summed E-state index contributed by atoms with van der Waals surface area (Å²) in [6.45, 7) is 5.06. The number of amides is 1. The first-order valence-corrected chi connectivity index (χ1v) is 9.24. The highest BCUT2D eigenvalue weighted by atomic mass is 79.9. The van der Waals surface area contributed by atoms with E-state index in [-0.39, 0.29) is 29.9 Å². The number of ether oxygens (including phenoxy) is 2. The van der Waals surface area contributed by atoms with Crippen molar-refractivity contribution in [3.63, 3.8) is 0 Å². The van der Waals surface area contributed by atoms with Gasteiger partial charge in [0, 0.05) is 17.4 Å². The van der Waals surface area contributed by atoms with Crippen molar-refractivity contribution < 1.29 is 23.0 Å². The van der Waals surface area contributed by atoms with Crippen LogP contribution in [0.5, 0.6) is 11.5 Å². The summed E-state index contributed by atoms with van der Waals surface area (Å²) in [5.41, 5.74) is 2.24. The molecule has 1 aromatic heterocycles. The van der Waals surface area contributed by atoms with Gasteiger partial charge in [-0.3, -0.25) is 9.48 Å². The Balaban J connectivity index is 2.09. The summed E-state index contributed by atoms with van der Waals surface area (Å²) in [5, 5.41) is 7.17. The molecule has 2 aromatic rings. The van der Waals surface area contributed by atoms with Crippen molar-refractivity contribution in [1.82, 2.24) is 9.78 Å². The second-order valence-electron chi connectivity index (χ2n) is 6.03. The fourth-order valence-electron chi connectivity index (χ4n) is 2.51. The maximum atomic E-state index is 12.5. The molecule has 2 rings (SSSR count). The Hall–Kier alpha value is -2.16. The number of rotatable bonds is 8. The van der Waals surface area contributed by atoms with Crippen molar-refractivity contribution in [3.05, 3.63) is 34.1 Å². The molecule has 0 radical (unpaired) electrons. The number of hydrogen-bond donors (Lipinski definition) is 1. The van der Waals surface area contributed by atoms with Crippen LogP contribution in [-0.4, -0.2) is 28.9 Å². The van der Waals surface area contributed by atoms with Crippen LogP contribution in [0.15, 0.2) is 22.7 Å². The lowest BCUT2D eigenvalue weighted by Gasteiger charge is -2.16. The minimum Gasteiger partial charge on any atom is -0.490 e. The molecule has 1 atom stereocenters. The number of nitrogens with zero attached hydrogens (tertiary/aromatic N) is 2. The zero-order valence-corrected chi connectivity index (χ0v) is 17.1. The first kappa shape index (κ1) is 21.1. The third-order valence-corrected chi connectivity index (χ3v) is 5.06. The number of carbonyl (C=O) groups is 1. The second kappa shape index (κ2) is 9.16. The third kappa shape index (κ3) is 5.41. The van der Waals surface area contributed by atoms with E-state index in [1.165, 1.54) is 18.2 Å². The molecular weight excluding hydrogens is 424 g/mol. The molecule has 6 nitrogen and oxygen atoms in total. The van der Waals surface area contributed by atoms with Crippen molar-refractivity contribution in [2.45, 2.75) is 40.9 Å². The Morgan fingerprint density at radius 2 is 2.04 bits per heavy atom. The number of aromatic nitrogens is 2. The lowest BCUT2D eigenvalue weighted by Crippen LogP contribution is -2.25. The van der Waals surface area contributed by atoms with Crippen LogP contribution in [0.2, 0.25) is 0 Å². The Bertz CT molecular complexity index is 811. The van der Waals surface area contributed by atoms with E-state index in [2.05, 4.69) is 31.1 Å². The number of halogens is 3. The summed E-state index contributed by atoms with van der Waals surface area (Å²) >= 11 is 3.46. The molecule has 0 spiro atoms. The van der Waals surface area contributed by atoms with Crippen LogP contribution in [0.3, 0.4) is 0 Å². The predicted molar refractivity (Wildman–Crippen MR) is 101 cm³/mol. The maximum absolute atomic E-state index is 12.5. The minimum absolute atomic E-state index is 0.0783. The number of benzene rings is 1. The zero-order valence-electron chi connectivity index (χ0n) is 15.6. The van der Waals surface area contributed by atoms with Crippen LogP contribution in [0.1, 0.15) is 25.2 Å².